The maximum atomic E-state index is 13.4. The van der Waals surface area contributed by atoms with Crippen LogP contribution in [0.25, 0.3) is 0 Å². The van der Waals surface area contributed by atoms with E-state index in [4.69, 9.17) is 10.5 Å². The molecular formula is C13H10F3NO. The lowest BCUT2D eigenvalue weighted by Crippen LogP contribution is -2.02. The van der Waals surface area contributed by atoms with Crippen molar-refractivity contribution in [2.45, 2.75) is 6.54 Å². The van der Waals surface area contributed by atoms with Crippen LogP contribution >= 0.6 is 0 Å². The highest BCUT2D eigenvalue weighted by Crippen LogP contribution is 2.27. The highest BCUT2D eigenvalue weighted by molar-refractivity contribution is 5.38. The summed E-state index contributed by atoms with van der Waals surface area (Å²) in [5, 5.41) is 0. The van der Waals surface area contributed by atoms with Crippen molar-refractivity contribution in [3.63, 3.8) is 0 Å². The molecule has 0 amide bonds. The second kappa shape index (κ2) is 5.10. The Morgan fingerprint density at radius 2 is 1.72 bits per heavy atom. The first-order valence-electron chi connectivity index (χ1n) is 5.22. The second-order valence-corrected chi connectivity index (χ2v) is 3.60. The first-order chi connectivity index (χ1) is 8.61. The fraction of sp³-hybridized carbons (Fsp3) is 0.0769. The predicted octanol–water partition coefficient (Wildman–Crippen LogP) is 3.35. The summed E-state index contributed by atoms with van der Waals surface area (Å²) in [6.07, 6.45) is 0. The molecule has 0 aliphatic carbocycles. The number of ether oxygens (including phenoxy) is 1. The lowest BCUT2D eigenvalue weighted by atomic mass is 10.2. The van der Waals surface area contributed by atoms with Crippen LogP contribution in [0.5, 0.6) is 11.5 Å². The molecule has 0 aliphatic rings. The number of benzene rings is 2. The highest BCUT2D eigenvalue weighted by Gasteiger charge is 2.10. The second-order valence-electron chi connectivity index (χ2n) is 3.60. The van der Waals surface area contributed by atoms with Crippen molar-refractivity contribution in [2.75, 3.05) is 0 Å². The van der Waals surface area contributed by atoms with E-state index in [9.17, 15) is 13.2 Å². The van der Waals surface area contributed by atoms with Crippen LogP contribution in [-0.2, 0) is 6.54 Å². The molecule has 5 heteroatoms. The molecule has 0 saturated carbocycles. The average molecular weight is 253 g/mol. The third-order valence-electron chi connectivity index (χ3n) is 2.40. The summed E-state index contributed by atoms with van der Waals surface area (Å²) in [5.41, 5.74) is 5.59. The van der Waals surface area contributed by atoms with Gasteiger partial charge in [0.1, 0.15) is 17.3 Å². The number of rotatable bonds is 3. The lowest BCUT2D eigenvalue weighted by Gasteiger charge is -2.10. The number of halogens is 3. The van der Waals surface area contributed by atoms with Crippen LogP contribution in [0.2, 0.25) is 0 Å². The maximum Gasteiger partial charge on any atom is 0.162 e. The van der Waals surface area contributed by atoms with Gasteiger partial charge in [-0.2, -0.15) is 0 Å². The van der Waals surface area contributed by atoms with Gasteiger partial charge in [-0.25, -0.2) is 13.2 Å². The standard InChI is InChI=1S/C13H10F3NO/c14-10-2-1-3-13(9(10)7-17)18-8-4-5-11(15)12(16)6-8/h1-6H,7,17H2. The van der Waals surface area contributed by atoms with E-state index in [1.807, 2.05) is 0 Å². The minimum absolute atomic E-state index is 0.0499. The molecule has 0 atom stereocenters. The Bertz CT molecular complexity index is 572. The molecule has 2 N–H and O–H groups in total. The van der Waals surface area contributed by atoms with Crippen molar-refractivity contribution in [2.24, 2.45) is 5.73 Å². The van der Waals surface area contributed by atoms with Gasteiger partial charge in [-0.1, -0.05) is 6.07 Å². The van der Waals surface area contributed by atoms with E-state index in [0.717, 1.165) is 12.1 Å². The van der Waals surface area contributed by atoms with Gasteiger partial charge in [0.15, 0.2) is 11.6 Å². The number of hydrogen-bond acceptors (Lipinski definition) is 2. The fourth-order valence-corrected chi connectivity index (χ4v) is 1.50. The summed E-state index contributed by atoms with van der Waals surface area (Å²) in [5.74, 6) is -2.24. The van der Waals surface area contributed by atoms with Crippen LogP contribution in [0.3, 0.4) is 0 Å². The summed E-state index contributed by atoms with van der Waals surface area (Å²) in [7, 11) is 0. The number of nitrogens with two attached hydrogens (primary N) is 1. The zero-order valence-electron chi connectivity index (χ0n) is 9.29. The summed E-state index contributed by atoms with van der Waals surface area (Å²) >= 11 is 0. The predicted molar refractivity (Wildman–Crippen MR) is 60.7 cm³/mol. The molecule has 2 nitrogen and oxygen atoms in total. The van der Waals surface area contributed by atoms with E-state index in [0.29, 0.717) is 0 Å². The SMILES string of the molecule is NCc1c(F)cccc1Oc1ccc(F)c(F)c1. The van der Waals surface area contributed by atoms with E-state index >= 15 is 0 Å². The average Bonchev–Trinajstić information content (AvgIpc) is 2.34. The summed E-state index contributed by atoms with van der Waals surface area (Å²) in [6, 6.07) is 7.28. The first-order valence-corrected chi connectivity index (χ1v) is 5.22. The Kier molecular flexibility index (Phi) is 3.53. The van der Waals surface area contributed by atoms with Gasteiger partial charge >= 0.3 is 0 Å². The molecule has 0 saturated heterocycles. The van der Waals surface area contributed by atoms with Gasteiger partial charge in [-0.15, -0.1) is 0 Å². The summed E-state index contributed by atoms with van der Waals surface area (Å²) in [4.78, 5) is 0. The smallest absolute Gasteiger partial charge is 0.162 e. The van der Waals surface area contributed by atoms with Crippen LogP contribution < -0.4 is 10.5 Å². The Hall–Kier alpha value is -2.01. The van der Waals surface area contributed by atoms with Gasteiger partial charge in [0.2, 0.25) is 0 Å². The normalized spacial score (nSPS) is 10.4. The van der Waals surface area contributed by atoms with Gasteiger partial charge < -0.3 is 10.5 Å². The third kappa shape index (κ3) is 2.46. The molecule has 2 aromatic carbocycles. The Morgan fingerprint density at radius 3 is 2.39 bits per heavy atom. The Morgan fingerprint density at radius 1 is 0.944 bits per heavy atom. The minimum atomic E-state index is -1.03. The Labute approximate surface area is 102 Å². The zero-order chi connectivity index (χ0) is 13.1. The molecule has 0 radical (unpaired) electrons. The molecule has 0 aliphatic heterocycles. The van der Waals surface area contributed by atoms with E-state index in [2.05, 4.69) is 0 Å². The monoisotopic (exact) mass is 253 g/mol. The van der Waals surface area contributed by atoms with Crippen molar-refractivity contribution < 1.29 is 17.9 Å². The highest BCUT2D eigenvalue weighted by atomic mass is 19.2. The number of hydrogen-bond donors (Lipinski definition) is 1. The van der Waals surface area contributed by atoms with Crippen molar-refractivity contribution in [3.05, 3.63) is 59.4 Å². The van der Waals surface area contributed by atoms with E-state index < -0.39 is 17.5 Å². The fourth-order valence-electron chi connectivity index (χ4n) is 1.50. The first kappa shape index (κ1) is 12.4. The van der Waals surface area contributed by atoms with Gasteiger partial charge in [-0.3, -0.25) is 0 Å². The van der Waals surface area contributed by atoms with Crippen LogP contribution in [-0.4, -0.2) is 0 Å². The molecule has 0 heterocycles. The van der Waals surface area contributed by atoms with Crippen LogP contribution in [0.4, 0.5) is 13.2 Å². The van der Waals surface area contributed by atoms with Crippen molar-refractivity contribution >= 4 is 0 Å². The van der Waals surface area contributed by atoms with E-state index in [1.165, 1.54) is 24.3 Å². The van der Waals surface area contributed by atoms with Crippen molar-refractivity contribution in [3.8, 4) is 11.5 Å². The molecular weight excluding hydrogens is 243 g/mol. The van der Waals surface area contributed by atoms with Crippen LogP contribution in [0, 0.1) is 17.5 Å². The van der Waals surface area contributed by atoms with E-state index in [1.54, 1.807) is 0 Å². The summed E-state index contributed by atoms with van der Waals surface area (Å²) in [6.45, 7) is -0.0499. The largest absolute Gasteiger partial charge is 0.457 e. The molecule has 94 valence electrons. The van der Waals surface area contributed by atoms with Gasteiger partial charge in [0.25, 0.3) is 0 Å². The molecule has 18 heavy (non-hydrogen) atoms. The molecule has 2 rings (SSSR count). The molecule has 2 aromatic rings. The molecule has 0 spiro atoms. The molecule has 0 unspecified atom stereocenters. The topological polar surface area (TPSA) is 35.2 Å². The molecule has 0 aromatic heterocycles. The quantitative estimate of drug-likeness (QED) is 0.910. The van der Waals surface area contributed by atoms with Crippen molar-refractivity contribution in [1.29, 1.82) is 0 Å². The maximum absolute atomic E-state index is 13.4. The zero-order valence-corrected chi connectivity index (χ0v) is 9.29. The summed E-state index contributed by atoms with van der Waals surface area (Å²) < 4.78 is 44.4. The van der Waals surface area contributed by atoms with Crippen LogP contribution in [0.15, 0.2) is 36.4 Å². The third-order valence-corrected chi connectivity index (χ3v) is 2.40. The Balaban J connectivity index is 2.34. The van der Waals surface area contributed by atoms with Gasteiger partial charge in [-0.05, 0) is 24.3 Å². The molecule has 0 fully saturated rings. The van der Waals surface area contributed by atoms with Crippen LogP contribution in [0.1, 0.15) is 5.56 Å². The molecule has 0 bridgehead atoms. The lowest BCUT2D eigenvalue weighted by molar-refractivity contribution is 0.452. The van der Waals surface area contributed by atoms with Crippen molar-refractivity contribution in [1.82, 2.24) is 0 Å². The van der Waals surface area contributed by atoms with E-state index in [-0.39, 0.29) is 23.6 Å². The van der Waals surface area contributed by atoms with Gasteiger partial charge in [0.05, 0.1) is 0 Å². The minimum Gasteiger partial charge on any atom is -0.457 e. The van der Waals surface area contributed by atoms with Gasteiger partial charge in [0, 0.05) is 18.2 Å².